The molecule has 0 aliphatic rings. The first-order valence-electron chi connectivity index (χ1n) is 9.12. The molecule has 1 amide bonds. The second-order valence-electron chi connectivity index (χ2n) is 6.34. The Morgan fingerprint density at radius 2 is 1.93 bits per heavy atom. The van der Waals surface area contributed by atoms with E-state index in [1.165, 1.54) is 17.3 Å². The predicted octanol–water partition coefficient (Wildman–Crippen LogP) is 5.09. The van der Waals surface area contributed by atoms with Crippen molar-refractivity contribution in [2.75, 3.05) is 16.8 Å². The number of nitrogens with one attached hydrogen (secondary N) is 1. The number of aryl methyl sites for hydroxylation is 1. The number of hydrogen-bond acceptors (Lipinski definition) is 5. The van der Waals surface area contributed by atoms with Crippen LogP contribution in [0.15, 0.2) is 53.7 Å². The van der Waals surface area contributed by atoms with Gasteiger partial charge in [-0.25, -0.2) is 0 Å². The van der Waals surface area contributed by atoms with E-state index in [-0.39, 0.29) is 11.9 Å². The molecule has 6 nitrogen and oxygen atoms in total. The van der Waals surface area contributed by atoms with Gasteiger partial charge >= 0.3 is 0 Å². The van der Waals surface area contributed by atoms with Crippen LogP contribution in [0.5, 0.6) is 0 Å². The monoisotopic (exact) mass is 449 g/mol. The molecule has 1 heterocycles. The number of nitrogen functional groups attached to an aromatic ring is 1. The number of carbonyl (C=O) groups is 1. The average Bonchev–Trinajstić information content (AvgIpc) is 3.07. The summed E-state index contributed by atoms with van der Waals surface area (Å²) in [5, 5.41) is 12.4. The fourth-order valence-corrected chi connectivity index (χ4v) is 4.15. The van der Waals surface area contributed by atoms with Gasteiger partial charge in [0.05, 0.1) is 10.0 Å². The van der Waals surface area contributed by atoms with Gasteiger partial charge in [0.2, 0.25) is 11.9 Å². The standard InChI is InChI=1S/C20H21Cl2N5OS/c1-2-17(18(28)24-14-8-9-15(21)16(22)12-14)27-19(23)25-26-20(27)29-11-10-13-6-4-3-5-7-13/h3-9,12,17H,2,10-11H2,1H3,(H2,23,25)(H,24,28). The van der Waals surface area contributed by atoms with Gasteiger partial charge in [-0.2, -0.15) is 0 Å². The van der Waals surface area contributed by atoms with Gasteiger partial charge in [-0.1, -0.05) is 72.2 Å². The smallest absolute Gasteiger partial charge is 0.247 e. The molecule has 3 N–H and O–H groups in total. The Labute approximate surface area is 183 Å². The van der Waals surface area contributed by atoms with Crippen LogP contribution in [0.3, 0.4) is 0 Å². The van der Waals surface area contributed by atoms with Crippen LogP contribution in [-0.4, -0.2) is 26.4 Å². The van der Waals surface area contributed by atoms with Crippen molar-refractivity contribution in [3.63, 3.8) is 0 Å². The lowest BCUT2D eigenvalue weighted by molar-refractivity contribution is -0.119. The van der Waals surface area contributed by atoms with Gasteiger partial charge in [0.15, 0.2) is 5.16 Å². The molecule has 152 valence electrons. The summed E-state index contributed by atoms with van der Waals surface area (Å²) in [7, 11) is 0. The van der Waals surface area contributed by atoms with E-state index in [1.54, 1.807) is 22.8 Å². The molecule has 0 fully saturated rings. The number of benzene rings is 2. The van der Waals surface area contributed by atoms with Crippen molar-refractivity contribution in [3.8, 4) is 0 Å². The van der Waals surface area contributed by atoms with E-state index in [0.29, 0.717) is 27.3 Å². The summed E-state index contributed by atoms with van der Waals surface area (Å²) in [5.41, 5.74) is 7.84. The largest absolute Gasteiger partial charge is 0.368 e. The van der Waals surface area contributed by atoms with E-state index < -0.39 is 6.04 Å². The highest BCUT2D eigenvalue weighted by molar-refractivity contribution is 7.99. The third-order valence-corrected chi connectivity index (χ3v) is 6.03. The van der Waals surface area contributed by atoms with Crippen molar-refractivity contribution in [1.29, 1.82) is 0 Å². The number of thioether (sulfide) groups is 1. The summed E-state index contributed by atoms with van der Waals surface area (Å²) in [6.07, 6.45) is 1.41. The van der Waals surface area contributed by atoms with E-state index in [2.05, 4.69) is 27.6 Å². The van der Waals surface area contributed by atoms with Gasteiger partial charge in [0.25, 0.3) is 0 Å². The lowest BCUT2D eigenvalue weighted by atomic mass is 10.2. The molecule has 1 unspecified atom stereocenters. The van der Waals surface area contributed by atoms with Crippen LogP contribution in [0, 0.1) is 0 Å². The Kier molecular flexibility index (Phi) is 7.41. The van der Waals surface area contributed by atoms with E-state index in [4.69, 9.17) is 28.9 Å². The molecule has 0 aliphatic heterocycles. The lowest BCUT2D eigenvalue weighted by Crippen LogP contribution is -2.27. The van der Waals surface area contributed by atoms with Crippen molar-refractivity contribution in [2.45, 2.75) is 31.0 Å². The maximum Gasteiger partial charge on any atom is 0.247 e. The zero-order chi connectivity index (χ0) is 20.8. The number of aromatic nitrogens is 3. The van der Waals surface area contributed by atoms with Gasteiger partial charge in [0, 0.05) is 11.4 Å². The average molecular weight is 450 g/mol. The summed E-state index contributed by atoms with van der Waals surface area (Å²) in [5.74, 6) is 0.790. The molecular formula is C20H21Cl2N5OS. The zero-order valence-corrected chi connectivity index (χ0v) is 18.1. The van der Waals surface area contributed by atoms with Crippen LogP contribution in [0.2, 0.25) is 10.0 Å². The third-order valence-electron chi connectivity index (χ3n) is 4.34. The van der Waals surface area contributed by atoms with Gasteiger partial charge < -0.3 is 11.1 Å². The predicted molar refractivity (Wildman–Crippen MR) is 120 cm³/mol. The van der Waals surface area contributed by atoms with E-state index >= 15 is 0 Å². The molecule has 1 aromatic heterocycles. The molecule has 0 aliphatic carbocycles. The Morgan fingerprint density at radius 3 is 2.62 bits per heavy atom. The van der Waals surface area contributed by atoms with Gasteiger partial charge in [-0.05, 0) is 36.6 Å². The minimum atomic E-state index is -0.543. The molecule has 1 atom stereocenters. The number of halogens is 2. The first-order chi connectivity index (χ1) is 14.0. The summed E-state index contributed by atoms with van der Waals surface area (Å²) >= 11 is 13.5. The third kappa shape index (κ3) is 5.44. The number of anilines is 2. The van der Waals surface area contributed by atoms with Crippen molar-refractivity contribution in [3.05, 3.63) is 64.1 Å². The first-order valence-corrected chi connectivity index (χ1v) is 10.9. The normalized spacial score (nSPS) is 12.0. The van der Waals surface area contributed by atoms with Crippen molar-refractivity contribution in [2.24, 2.45) is 0 Å². The van der Waals surface area contributed by atoms with Crippen LogP contribution >= 0.6 is 35.0 Å². The quantitative estimate of drug-likeness (QED) is 0.467. The van der Waals surface area contributed by atoms with Crippen LogP contribution in [0.4, 0.5) is 11.6 Å². The summed E-state index contributed by atoms with van der Waals surface area (Å²) in [6, 6.07) is 14.6. The summed E-state index contributed by atoms with van der Waals surface area (Å²) in [4.78, 5) is 12.9. The highest BCUT2D eigenvalue weighted by atomic mass is 35.5. The number of hydrogen-bond donors (Lipinski definition) is 2. The van der Waals surface area contributed by atoms with Gasteiger partial charge in [0.1, 0.15) is 6.04 Å². The van der Waals surface area contributed by atoms with Gasteiger partial charge in [-0.15, -0.1) is 10.2 Å². The Morgan fingerprint density at radius 1 is 1.17 bits per heavy atom. The first kappa shape index (κ1) is 21.5. The molecule has 0 radical (unpaired) electrons. The molecule has 9 heteroatoms. The second kappa shape index (κ2) is 10.0. The number of carbonyl (C=O) groups excluding carboxylic acids is 1. The minimum absolute atomic E-state index is 0.211. The maximum atomic E-state index is 12.9. The molecule has 3 aromatic rings. The minimum Gasteiger partial charge on any atom is -0.368 e. The Bertz CT molecular complexity index is 980. The Balaban J connectivity index is 1.72. The SMILES string of the molecule is CCC(C(=O)Nc1ccc(Cl)c(Cl)c1)n1c(N)nnc1SCCc1ccccc1. The number of nitrogens with two attached hydrogens (primary N) is 1. The van der Waals surface area contributed by atoms with Crippen molar-refractivity contribution < 1.29 is 4.79 Å². The molecule has 2 aromatic carbocycles. The van der Waals surface area contributed by atoms with Crippen LogP contribution in [0.25, 0.3) is 0 Å². The maximum absolute atomic E-state index is 12.9. The van der Waals surface area contributed by atoms with E-state index in [1.807, 2.05) is 25.1 Å². The zero-order valence-electron chi connectivity index (χ0n) is 15.8. The van der Waals surface area contributed by atoms with Crippen LogP contribution in [-0.2, 0) is 11.2 Å². The molecule has 3 rings (SSSR count). The summed E-state index contributed by atoms with van der Waals surface area (Å²) in [6.45, 7) is 1.91. The lowest BCUT2D eigenvalue weighted by Gasteiger charge is -2.19. The fraction of sp³-hybridized carbons (Fsp3) is 0.250. The molecule has 0 bridgehead atoms. The molecular weight excluding hydrogens is 429 g/mol. The molecule has 0 saturated carbocycles. The highest BCUT2D eigenvalue weighted by Crippen LogP contribution is 2.28. The molecule has 29 heavy (non-hydrogen) atoms. The Hall–Kier alpha value is -2.22. The topological polar surface area (TPSA) is 85.8 Å². The summed E-state index contributed by atoms with van der Waals surface area (Å²) < 4.78 is 1.68. The number of nitrogens with zero attached hydrogens (tertiary/aromatic N) is 3. The highest BCUT2D eigenvalue weighted by Gasteiger charge is 2.25. The van der Waals surface area contributed by atoms with E-state index in [0.717, 1.165) is 12.2 Å². The number of rotatable bonds is 8. The van der Waals surface area contributed by atoms with Crippen molar-refractivity contribution >= 4 is 52.5 Å². The van der Waals surface area contributed by atoms with Gasteiger partial charge in [-0.3, -0.25) is 9.36 Å². The van der Waals surface area contributed by atoms with E-state index in [9.17, 15) is 4.79 Å². The van der Waals surface area contributed by atoms with Crippen LogP contribution < -0.4 is 11.1 Å². The van der Waals surface area contributed by atoms with Crippen molar-refractivity contribution in [1.82, 2.24) is 14.8 Å². The molecule has 0 saturated heterocycles. The second-order valence-corrected chi connectivity index (χ2v) is 8.21. The fourth-order valence-electron chi connectivity index (χ4n) is 2.87. The van der Waals surface area contributed by atoms with Crippen LogP contribution in [0.1, 0.15) is 24.9 Å². The number of amides is 1. The molecule has 0 spiro atoms.